The van der Waals surface area contributed by atoms with E-state index in [0.29, 0.717) is 0 Å². The lowest BCUT2D eigenvalue weighted by atomic mass is 9.91. The third-order valence-electron chi connectivity index (χ3n) is 1.46. The van der Waals surface area contributed by atoms with Crippen molar-refractivity contribution < 1.29 is 15.0 Å². The highest BCUT2D eigenvalue weighted by atomic mass is 16.4. The number of aliphatic hydroxyl groups is 1. The Morgan fingerprint density at radius 3 is 2.22 bits per heavy atom. The van der Waals surface area contributed by atoms with Gasteiger partial charge < -0.3 is 15.0 Å². The van der Waals surface area contributed by atoms with E-state index in [1.807, 2.05) is 0 Å². The van der Waals surface area contributed by atoms with Gasteiger partial charge in [-0.15, -0.1) is 0 Å². The van der Waals surface area contributed by atoms with Crippen LogP contribution in [0.1, 0.15) is 0 Å². The van der Waals surface area contributed by atoms with Gasteiger partial charge in [-0.2, -0.15) is 0 Å². The highest BCUT2D eigenvalue weighted by molar-refractivity contribution is 6.06. The van der Waals surface area contributed by atoms with E-state index in [-0.39, 0.29) is 13.1 Å². The summed E-state index contributed by atoms with van der Waals surface area (Å²) in [7, 11) is 1.76. The van der Waals surface area contributed by atoms with Gasteiger partial charge in [-0.1, -0.05) is 0 Å². The van der Waals surface area contributed by atoms with Gasteiger partial charge in [0.05, 0.1) is 0 Å². The van der Waals surface area contributed by atoms with Crippen molar-refractivity contribution in [2.75, 3.05) is 13.1 Å². The molecule has 1 heterocycles. The predicted octanol–water partition coefficient (Wildman–Crippen LogP) is -2.33. The van der Waals surface area contributed by atoms with Crippen LogP contribution in [0.25, 0.3) is 0 Å². The molecule has 4 nitrogen and oxygen atoms in total. The van der Waals surface area contributed by atoms with E-state index >= 15 is 0 Å². The monoisotopic (exact) mass is 129 g/mol. The van der Waals surface area contributed by atoms with Gasteiger partial charge in [0.15, 0.2) is 13.6 Å². The third-order valence-corrected chi connectivity index (χ3v) is 1.46. The fraction of sp³-hybridized carbons (Fsp3) is 0.750. The Kier molecular flexibility index (Phi) is 1.25. The van der Waals surface area contributed by atoms with Crippen molar-refractivity contribution in [2.24, 2.45) is 0 Å². The molecule has 1 rings (SSSR count). The SMILES string of the molecule is BN1CC(O)(C(=O)O)C1. The van der Waals surface area contributed by atoms with Gasteiger partial charge >= 0.3 is 5.97 Å². The minimum absolute atomic E-state index is 0.238. The zero-order valence-corrected chi connectivity index (χ0v) is 5.16. The summed E-state index contributed by atoms with van der Waals surface area (Å²) in [6.07, 6.45) is 0. The van der Waals surface area contributed by atoms with Crippen molar-refractivity contribution in [2.45, 2.75) is 5.60 Å². The number of β-amino-alcohol motifs (C(OH)–C–C–N with tert-alkyl or cyclic N) is 1. The molecule has 0 aromatic carbocycles. The first-order valence-electron chi connectivity index (χ1n) is 2.69. The summed E-state index contributed by atoms with van der Waals surface area (Å²) in [4.78, 5) is 11.9. The quantitative estimate of drug-likeness (QED) is 0.389. The number of carboxylic acid groups (broad SMARTS) is 1. The normalized spacial score (nSPS) is 25.0. The van der Waals surface area contributed by atoms with Gasteiger partial charge in [-0.05, 0) is 0 Å². The van der Waals surface area contributed by atoms with Crippen molar-refractivity contribution in [3.8, 4) is 0 Å². The van der Waals surface area contributed by atoms with Crippen molar-refractivity contribution in [1.82, 2.24) is 4.81 Å². The maximum atomic E-state index is 10.2. The van der Waals surface area contributed by atoms with Crippen LogP contribution >= 0.6 is 0 Å². The van der Waals surface area contributed by atoms with E-state index in [1.54, 1.807) is 12.8 Å². The largest absolute Gasteiger partial charge is 0.479 e. The molecular weight excluding hydrogens is 121 g/mol. The zero-order valence-electron chi connectivity index (χ0n) is 5.16. The predicted molar refractivity (Wildman–Crippen MR) is 32.7 cm³/mol. The maximum Gasteiger partial charge on any atom is 0.338 e. The molecule has 0 aromatic heterocycles. The average Bonchev–Trinajstić information content (AvgIpc) is 1.62. The number of carbonyl (C=O) groups is 1. The van der Waals surface area contributed by atoms with Crippen molar-refractivity contribution in [1.29, 1.82) is 0 Å². The number of nitrogens with zero attached hydrogens (tertiary/aromatic N) is 1. The van der Waals surface area contributed by atoms with E-state index in [4.69, 9.17) is 10.2 Å². The summed E-state index contributed by atoms with van der Waals surface area (Å²) in [5.41, 5.74) is -1.46. The van der Waals surface area contributed by atoms with E-state index < -0.39 is 11.6 Å². The lowest BCUT2D eigenvalue weighted by Crippen LogP contribution is -2.65. The molecule has 0 bridgehead atoms. The minimum atomic E-state index is -1.46. The Hall–Kier alpha value is -0.545. The van der Waals surface area contributed by atoms with E-state index in [2.05, 4.69) is 0 Å². The molecule has 1 saturated heterocycles. The van der Waals surface area contributed by atoms with Crippen LogP contribution in [-0.2, 0) is 4.79 Å². The molecule has 0 radical (unpaired) electrons. The van der Waals surface area contributed by atoms with Gasteiger partial charge in [0.25, 0.3) is 0 Å². The van der Waals surface area contributed by atoms with Crippen LogP contribution in [-0.4, -0.2) is 47.7 Å². The van der Waals surface area contributed by atoms with Gasteiger partial charge in [-0.3, -0.25) is 0 Å². The molecule has 0 aromatic rings. The average molecular weight is 129 g/mol. The molecule has 1 aliphatic rings. The highest BCUT2D eigenvalue weighted by Gasteiger charge is 2.45. The van der Waals surface area contributed by atoms with Crippen LogP contribution in [0.3, 0.4) is 0 Å². The first-order chi connectivity index (χ1) is 4.04. The van der Waals surface area contributed by atoms with E-state index in [0.717, 1.165) is 0 Å². The summed E-state index contributed by atoms with van der Waals surface area (Å²) in [6.45, 7) is 0.477. The third kappa shape index (κ3) is 0.929. The van der Waals surface area contributed by atoms with Crippen LogP contribution in [0.15, 0.2) is 0 Å². The van der Waals surface area contributed by atoms with Crippen molar-refractivity contribution in [3.05, 3.63) is 0 Å². The second kappa shape index (κ2) is 1.72. The van der Waals surface area contributed by atoms with Crippen LogP contribution in [0.2, 0.25) is 0 Å². The Labute approximate surface area is 53.5 Å². The molecule has 0 unspecified atom stereocenters. The standard InChI is InChI=1S/C4H8BNO3/c5-6-1-4(9,2-6)3(7)8/h9H,1-2,5H2,(H,7,8). The second-order valence-electron chi connectivity index (χ2n) is 2.51. The van der Waals surface area contributed by atoms with E-state index in [9.17, 15) is 4.79 Å². The summed E-state index contributed by atoms with van der Waals surface area (Å²) in [5, 5.41) is 17.4. The van der Waals surface area contributed by atoms with E-state index in [1.165, 1.54) is 0 Å². The number of hydrogen-bond acceptors (Lipinski definition) is 3. The van der Waals surface area contributed by atoms with Crippen LogP contribution in [0.4, 0.5) is 0 Å². The molecule has 0 saturated carbocycles. The van der Waals surface area contributed by atoms with Crippen LogP contribution < -0.4 is 0 Å². The molecule has 0 atom stereocenters. The molecule has 1 fully saturated rings. The van der Waals surface area contributed by atoms with Gasteiger partial charge in [0.1, 0.15) is 0 Å². The molecular formula is C4H8BNO3. The first kappa shape index (κ1) is 6.57. The zero-order chi connectivity index (χ0) is 7.07. The lowest BCUT2D eigenvalue weighted by molar-refractivity contribution is -0.170. The Bertz CT molecular complexity index is 143. The lowest BCUT2D eigenvalue weighted by Gasteiger charge is -2.41. The number of aliphatic carboxylic acids is 1. The first-order valence-corrected chi connectivity index (χ1v) is 2.69. The molecule has 1 aliphatic heterocycles. The molecule has 2 N–H and O–H groups in total. The Morgan fingerprint density at radius 2 is 2.11 bits per heavy atom. The molecule has 0 aliphatic carbocycles. The molecule has 50 valence electrons. The smallest absolute Gasteiger partial charge is 0.338 e. The van der Waals surface area contributed by atoms with Crippen molar-refractivity contribution in [3.63, 3.8) is 0 Å². The summed E-state index contributed by atoms with van der Waals surface area (Å²) < 4.78 is 0. The number of rotatable bonds is 1. The minimum Gasteiger partial charge on any atom is -0.479 e. The summed E-state index contributed by atoms with van der Waals surface area (Å²) in [6, 6.07) is 0. The fourth-order valence-electron chi connectivity index (χ4n) is 0.982. The van der Waals surface area contributed by atoms with Crippen LogP contribution in [0.5, 0.6) is 0 Å². The van der Waals surface area contributed by atoms with Crippen LogP contribution in [0, 0.1) is 0 Å². The number of carboxylic acids is 1. The Morgan fingerprint density at radius 1 is 1.67 bits per heavy atom. The highest BCUT2D eigenvalue weighted by Crippen LogP contribution is 2.17. The van der Waals surface area contributed by atoms with Gasteiger partial charge in [-0.25, -0.2) is 4.79 Å². The topological polar surface area (TPSA) is 60.8 Å². The molecule has 9 heavy (non-hydrogen) atoms. The Balaban J connectivity index is 2.50. The maximum absolute atomic E-state index is 10.2. The van der Waals surface area contributed by atoms with Crippen molar-refractivity contribution >= 4 is 14.0 Å². The molecule has 0 amide bonds. The van der Waals surface area contributed by atoms with Gasteiger partial charge in [0.2, 0.25) is 0 Å². The molecule has 0 spiro atoms. The number of hydrogen-bond donors (Lipinski definition) is 2. The van der Waals surface area contributed by atoms with Gasteiger partial charge in [0, 0.05) is 13.1 Å². The fourth-order valence-corrected chi connectivity index (χ4v) is 0.982. The molecule has 5 heteroatoms. The second-order valence-corrected chi connectivity index (χ2v) is 2.51. The summed E-state index contributed by atoms with van der Waals surface area (Å²) in [5.74, 6) is -1.12. The summed E-state index contributed by atoms with van der Waals surface area (Å²) >= 11 is 0.